The van der Waals surface area contributed by atoms with Crippen molar-refractivity contribution in [1.29, 1.82) is 0 Å². The molecule has 0 bridgehead atoms. The number of carbonyl (C=O) groups excluding carboxylic acids is 1. The summed E-state index contributed by atoms with van der Waals surface area (Å²) < 4.78 is 36.5. The Morgan fingerprint density at radius 3 is 2.05 bits per heavy atom. The van der Waals surface area contributed by atoms with Gasteiger partial charge in [0.1, 0.15) is 0 Å². The second-order valence-electron chi connectivity index (χ2n) is 5.20. The van der Waals surface area contributed by atoms with Crippen LogP contribution >= 0.6 is 11.8 Å². The molecule has 0 fully saturated rings. The first-order chi connectivity index (χ1) is 9.41. The van der Waals surface area contributed by atoms with Gasteiger partial charge < -0.3 is 0 Å². The monoisotopic (exact) mass is 312 g/mol. The standard InChI is InChI=1S/C15H27F3OS/c1-3-5-7-8-9-11-13(10-6-4-2)20-12-14(19)15(16,17)18/h13H,3-12H2,1-2H3. The fraction of sp³-hybridized carbons (Fsp3) is 0.933. The average molecular weight is 312 g/mol. The number of alkyl halides is 3. The second-order valence-corrected chi connectivity index (χ2v) is 6.49. The maximum absolute atomic E-state index is 12.2. The Bertz CT molecular complexity index is 254. The lowest BCUT2D eigenvalue weighted by atomic mass is 10.1. The number of carbonyl (C=O) groups is 1. The Morgan fingerprint density at radius 1 is 0.950 bits per heavy atom. The van der Waals surface area contributed by atoms with Crippen LogP contribution in [-0.2, 0) is 4.79 Å². The summed E-state index contributed by atoms with van der Waals surface area (Å²) in [6, 6.07) is 0. The Morgan fingerprint density at radius 2 is 1.50 bits per heavy atom. The maximum Gasteiger partial charge on any atom is 0.450 e. The Balaban J connectivity index is 3.98. The third kappa shape index (κ3) is 10.6. The molecule has 0 aliphatic carbocycles. The minimum atomic E-state index is -4.68. The van der Waals surface area contributed by atoms with Crippen LogP contribution in [0.4, 0.5) is 13.2 Å². The molecule has 20 heavy (non-hydrogen) atoms. The summed E-state index contributed by atoms with van der Waals surface area (Å²) in [7, 11) is 0. The molecule has 0 aromatic heterocycles. The molecule has 0 aromatic carbocycles. The van der Waals surface area contributed by atoms with Gasteiger partial charge in [-0.05, 0) is 12.8 Å². The molecule has 0 saturated heterocycles. The maximum atomic E-state index is 12.2. The zero-order valence-corrected chi connectivity index (χ0v) is 13.4. The Hall–Kier alpha value is -0.190. The van der Waals surface area contributed by atoms with Gasteiger partial charge >= 0.3 is 6.18 Å². The molecule has 0 aliphatic heterocycles. The van der Waals surface area contributed by atoms with Crippen LogP contribution in [0.5, 0.6) is 0 Å². The topological polar surface area (TPSA) is 17.1 Å². The molecule has 0 saturated carbocycles. The van der Waals surface area contributed by atoms with Crippen molar-refractivity contribution in [2.75, 3.05) is 5.75 Å². The molecule has 0 aliphatic rings. The number of halogens is 3. The van der Waals surface area contributed by atoms with Crippen molar-refractivity contribution in [1.82, 2.24) is 0 Å². The largest absolute Gasteiger partial charge is 0.450 e. The van der Waals surface area contributed by atoms with E-state index in [1.165, 1.54) is 31.0 Å². The minimum absolute atomic E-state index is 0.197. The predicted molar refractivity (Wildman–Crippen MR) is 80.2 cm³/mol. The van der Waals surface area contributed by atoms with Crippen LogP contribution in [0, 0.1) is 0 Å². The Kier molecular flexibility index (Phi) is 11.4. The Labute approximate surface area is 125 Å². The minimum Gasteiger partial charge on any atom is -0.289 e. The lowest BCUT2D eigenvalue weighted by molar-refractivity contribution is -0.167. The highest BCUT2D eigenvalue weighted by Gasteiger charge is 2.37. The molecular formula is C15H27F3OS. The molecule has 0 amide bonds. The summed E-state index contributed by atoms with van der Waals surface area (Å²) in [5.74, 6) is -2.03. The van der Waals surface area contributed by atoms with E-state index in [0.29, 0.717) is 0 Å². The molecule has 0 radical (unpaired) electrons. The summed E-state index contributed by atoms with van der Waals surface area (Å²) in [6.07, 6.45) is 5.04. The first-order valence-corrected chi connectivity index (χ1v) is 8.68. The highest BCUT2D eigenvalue weighted by atomic mass is 32.2. The van der Waals surface area contributed by atoms with Gasteiger partial charge in [0.15, 0.2) is 0 Å². The second kappa shape index (κ2) is 11.5. The van der Waals surface area contributed by atoms with Crippen LogP contribution in [0.2, 0.25) is 0 Å². The third-order valence-corrected chi connectivity index (χ3v) is 4.65. The molecule has 1 atom stereocenters. The van der Waals surface area contributed by atoms with Crippen molar-refractivity contribution < 1.29 is 18.0 Å². The smallest absolute Gasteiger partial charge is 0.289 e. The number of Topliss-reactive ketones (excluding diaryl/α,β-unsaturated/α-hetero) is 1. The number of thioether (sulfide) groups is 1. The van der Waals surface area contributed by atoms with E-state index < -0.39 is 17.7 Å². The van der Waals surface area contributed by atoms with Crippen LogP contribution in [0.3, 0.4) is 0 Å². The molecule has 0 heterocycles. The lowest BCUT2D eigenvalue weighted by Crippen LogP contribution is -2.25. The van der Waals surface area contributed by atoms with Crippen molar-refractivity contribution in [3.8, 4) is 0 Å². The van der Waals surface area contributed by atoms with Gasteiger partial charge in [0.2, 0.25) is 5.78 Å². The molecule has 1 unspecified atom stereocenters. The highest BCUT2D eigenvalue weighted by Crippen LogP contribution is 2.26. The quantitative estimate of drug-likeness (QED) is 0.425. The van der Waals surface area contributed by atoms with Crippen LogP contribution in [-0.4, -0.2) is 23.0 Å². The first-order valence-electron chi connectivity index (χ1n) is 7.63. The van der Waals surface area contributed by atoms with E-state index in [2.05, 4.69) is 13.8 Å². The van der Waals surface area contributed by atoms with E-state index in [1.54, 1.807) is 0 Å². The van der Waals surface area contributed by atoms with Gasteiger partial charge in [-0.3, -0.25) is 4.79 Å². The molecule has 5 heteroatoms. The van der Waals surface area contributed by atoms with E-state index in [4.69, 9.17) is 0 Å². The molecule has 0 N–H and O–H groups in total. The van der Waals surface area contributed by atoms with Crippen LogP contribution in [0.25, 0.3) is 0 Å². The van der Waals surface area contributed by atoms with E-state index in [0.717, 1.165) is 38.5 Å². The van der Waals surface area contributed by atoms with E-state index >= 15 is 0 Å². The molecule has 1 nitrogen and oxygen atoms in total. The number of unbranched alkanes of at least 4 members (excludes halogenated alkanes) is 5. The fourth-order valence-corrected chi connectivity index (χ4v) is 3.21. The van der Waals surface area contributed by atoms with Gasteiger partial charge in [0.25, 0.3) is 0 Å². The zero-order chi connectivity index (χ0) is 15.4. The molecule has 0 aromatic rings. The van der Waals surface area contributed by atoms with E-state index in [1.807, 2.05) is 0 Å². The van der Waals surface area contributed by atoms with Crippen LogP contribution in [0.15, 0.2) is 0 Å². The number of hydrogen-bond donors (Lipinski definition) is 0. The van der Waals surface area contributed by atoms with Crippen molar-refractivity contribution in [3.63, 3.8) is 0 Å². The summed E-state index contributed by atoms with van der Waals surface area (Å²) in [4.78, 5) is 10.9. The number of ketones is 1. The zero-order valence-electron chi connectivity index (χ0n) is 12.6. The normalized spacial score (nSPS) is 13.4. The summed E-state index contributed by atoms with van der Waals surface area (Å²) >= 11 is 1.19. The number of hydrogen-bond acceptors (Lipinski definition) is 2. The van der Waals surface area contributed by atoms with Crippen molar-refractivity contribution in [2.45, 2.75) is 83.1 Å². The summed E-state index contributed by atoms with van der Waals surface area (Å²) in [5, 5.41) is 0.197. The predicted octanol–water partition coefficient (Wildman–Crippen LogP) is 5.77. The molecule has 0 rings (SSSR count). The average Bonchev–Trinajstić information content (AvgIpc) is 2.39. The van der Waals surface area contributed by atoms with Crippen molar-refractivity contribution in [2.24, 2.45) is 0 Å². The summed E-state index contributed by atoms with van der Waals surface area (Å²) in [6.45, 7) is 4.23. The van der Waals surface area contributed by atoms with Gasteiger partial charge in [0, 0.05) is 5.25 Å². The van der Waals surface area contributed by atoms with Crippen LogP contribution in [0.1, 0.15) is 71.6 Å². The fourth-order valence-electron chi connectivity index (χ4n) is 1.99. The molecule has 0 spiro atoms. The van der Waals surface area contributed by atoms with E-state index in [9.17, 15) is 18.0 Å². The first kappa shape index (κ1) is 19.8. The van der Waals surface area contributed by atoms with Gasteiger partial charge in [-0.25, -0.2) is 0 Å². The number of rotatable bonds is 12. The van der Waals surface area contributed by atoms with Crippen molar-refractivity contribution >= 4 is 17.5 Å². The van der Waals surface area contributed by atoms with Gasteiger partial charge in [-0.15, -0.1) is 0 Å². The molecular weight excluding hydrogens is 285 g/mol. The lowest BCUT2D eigenvalue weighted by Gasteiger charge is -2.16. The van der Waals surface area contributed by atoms with Gasteiger partial charge in [0.05, 0.1) is 5.75 Å². The van der Waals surface area contributed by atoms with Gasteiger partial charge in [-0.1, -0.05) is 58.8 Å². The van der Waals surface area contributed by atoms with Gasteiger partial charge in [-0.2, -0.15) is 24.9 Å². The van der Waals surface area contributed by atoms with Crippen molar-refractivity contribution in [3.05, 3.63) is 0 Å². The third-order valence-electron chi connectivity index (χ3n) is 3.28. The SMILES string of the molecule is CCCCCCCC(CCCC)SCC(=O)C(F)(F)F. The highest BCUT2D eigenvalue weighted by molar-refractivity contribution is 8.00. The molecule has 120 valence electrons. The summed E-state index contributed by atoms with van der Waals surface area (Å²) in [5.41, 5.74) is 0. The van der Waals surface area contributed by atoms with E-state index in [-0.39, 0.29) is 5.25 Å². The van der Waals surface area contributed by atoms with Crippen LogP contribution < -0.4 is 0 Å².